The topological polar surface area (TPSA) is 95.9 Å². The number of aliphatic hydroxyl groups excluding tert-OH is 1. The van der Waals surface area contributed by atoms with E-state index in [0.717, 1.165) is 38.5 Å². The van der Waals surface area contributed by atoms with Crippen LogP contribution in [0, 0.1) is 11.8 Å². The molecule has 6 atom stereocenters. The Morgan fingerprint density at radius 1 is 1.30 bits per heavy atom. The summed E-state index contributed by atoms with van der Waals surface area (Å²) in [6, 6.07) is -0.997. The van der Waals surface area contributed by atoms with Crippen LogP contribution in [0.4, 0.5) is 0 Å². The van der Waals surface area contributed by atoms with E-state index in [-0.39, 0.29) is 37.0 Å². The summed E-state index contributed by atoms with van der Waals surface area (Å²) in [5.41, 5.74) is 0. The second kappa shape index (κ2) is 8.01. The normalized spacial score (nSPS) is 39.1. The smallest absolute Gasteiger partial charge is 0.311 e. The first-order valence-electron chi connectivity index (χ1n) is 11.4. The summed E-state index contributed by atoms with van der Waals surface area (Å²) in [4.78, 5) is 41.7. The van der Waals surface area contributed by atoms with Crippen LogP contribution < -0.4 is 5.32 Å². The molecule has 2 bridgehead atoms. The second-order valence-corrected chi connectivity index (χ2v) is 11.5. The zero-order valence-corrected chi connectivity index (χ0v) is 19.0. The maximum absolute atomic E-state index is 13.7. The summed E-state index contributed by atoms with van der Waals surface area (Å²) < 4.78 is 4.33. The number of likely N-dealkylation sites (tertiary alicyclic amines) is 1. The molecule has 168 valence electrons. The first-order chi connectivity index (χ1) is 14.3. The fourth-order valence-electron chi connectivity index (χ4n) is 6.34. The van der Waals surface area contributed by atoms with Crippen LogP contribution in [0.3, 0.4) is 0 Å². The minimum absolute atomic E-state index is 0.126. The predicted molar refractivity (Wildman–Crippen MR) is 114 cm³/mol. The Hall–Kier alpha value is -1.28. The SMILES string of the molecule is CCOC(=O)[C@@H]1[C@H]2C(=O)N([C@H](C)CO)C(C(=O)NC3CCCCC3)C23CC[C@@]1(C)S3. The monoisotopic (exact) mass is 438 g/mol. The van der Waals surface area contributed by atoms with E-state index in [1.165, 1.54) is 6.42 Å². The predicted octanol–water partition coefficient (Wildman–Crippen LogP) is 1.86. The molecule has 4 aliphatic rings. The molecule has 2 N–H and O–H groups in total. The highest BCUT2D eigenvalue weighted by Gasteiger charge is 2.77. The van der Waals surface area contributed by atoms with Crippen molar-refractivity contribution in [2.45, 2.75) is 93.3 Å². The number of hydrogen-bond donors (Lipinski definition) is 2. The van der Waals surface area contributed by atoms with E-state index in [0.29, 0.717) is 0 Å². The van der Waals surface area contributed by atoms with E-state index in [9.17, 15) is 19.5 Å². The molecule has 0 aromatic heterocycles. The molecule has 0 aromatic carbocycles. The summed E-state index contributed by atoms with van der Waals surface area (Å²) >= 11 is 1.64. The lowest BCUT2D eigenvalue weighted by atomic mass is 9.66. The Balaban J connectivity index is 1.70. The van der Waals surface area contributed by atoms with Gasteiger partial charge in [-0.15, -0.1) is 11.8 Å². The Morgan fingerprint density at radius 2 is 2.00 bits per heavy atom. The highest BCUT2D eigenvalue weighted by atomic mass is 32.2. The summed E-state index contributed by atoms with van der Waals surface area (Å²) in [5.74, 6) is -1.77. The summed E-state index contributed by atoms with van der Waals surface area (Å²) in [5, 5.41) is 13.1. The highest BCUT2D eigenvalue weighted by molar-refractivity contribution is 8.02. The third kappa shape index (κ3) is 3.17. The van der Waals surface area contributed by atoms with E-state index in [4.69, 9.17) is 4.74 Å². The molecule has 0 aromatic rings. The number of amides is 2. The van der Waals surface area contributed by atoms with Gasteiger partial charge in [0.15, 0.2) is 0 Å². The van der Waals surface area contributed by atoms with Crippen molar-refractivity contribution < 1.29 is 24.2 Å². The molecule has 7 nitrogen and oxygen atoms in total. The molecule has 1 saturated carbocycles. The van der Waals surface area contributed by atoms with Gasteiger partial charge in [-0.1, -0.05) is 19.3 Å². The molecule has 3 aliphatic heterocycles. The minimum Gasteiger partial charge on any atom is -0.466 e. The van der Waals surface area contributed by atoms with Gasteiger partial charge in [0.05, 0.1) is 35.8 Å². The molecule has 1 spiro atoms. The van der Waals surface area contributed by atoms with Crippen molar-refractivity contribution in [1.29, 1.82) is 0 Å². The van der Waals surface area contributed by atoms with Crippen LogP contribution in [-0.2, 0) is 19.1 Å². The molecular formula is C22H34N2O5S. The van der Waals surface area contributed by atoms with Gasteiger partial charge in [-0.2, -0.15) is 0 Å². The van der Waals surface area contributed by atoms with Gasteiger partial charge in [0, 0.05) is 10.8 Å². The van der Waals surface area contributed by atoms with Crippen molar-refractivity contribution >= 4 is 29.5 Å². The van der Waals surface area contributed by atoms with Crippen molar-refractivity contribution in [2.75, 3.05) is 13.2 Å². The molecule has 4 fully saturated rings. The van der Waals surface area contributed by atoms with E-state index >= 15 is 0 Å². The number of esters is 1. The van der Waals surface area contributed by atoms with Gasteiger partial charge >= 0.3 is 5.97 Å². The number of rotatable bonds is 6. The highest BCUT2D eigenvalue weighted by Crippen LogP contribution is 2.71. The lowest BCUT2D eigenvalue weighted by molar-refractivity contribution is -0.155. The maximum Gasteiger partial charge on any atom is 0.311 e. The minimum atomic E-state index is -0.662. The quantitative estimate of drug-likeness (QED) is 0.615. The van der Waals surface area contributed by atoms with Crippen LogP contribution >= 0.6 is 11.8 Å². The van der Waals surface area contributed by atoms with Crippen molar-refractivity contribution in [3.05, 3.63) is 0 Å². The molecule has 3 saturated heterocycles. The number of hydrogen-bond acceptors (Lipinski definition) is 6. The van der Waals surface area contributed by atoms with Gasteiger partial charge in [0.25, 0.3) is 0 Å². The zero-order chi connectivity index (χ0) is 21.7. The Morgan fingerprint density at radius 3 is 2.63 bits per heavy atom. The molecule has 8 heteroatoms. The van der Waals surface area contributed by atoms with Crippen LogP contribution in [0.15, 0.2) is 0 Å². The molecule has 1 aliphatic carbocycles. The number of nitrogens with zero attached hydrogens (tertiary/aromatic N) is 1. The van der Waals surface area contributed by atoms with Gasteiger partial charge in [-0.25, -0.2) is 0 Å². The fourth-order valence-corrected chi connectivity index (χ4v) is 8.67. The second-order valence-electron chi connectivity index (χ2n) is 9.60. The van der Waals surface area contributed by atoms with Gasteiger partial charge in [-0.3, -0.25) is 14.4 Å². The molecule has 0 radical (unpaired) electrons. The first-order valence-corrected chi connectivity index (χ1v) is 12.2. The number of thioether (sulfide) groups is 1. The van der Waals surface area contributed by atoms with Crippen LogP contribution in [0.2, 0.25) is 0 Å². The summed E-state index contributed by atoms with van der Waals surface area (Å²) in [6.45, 7) is 5.64. The summed E-state index contributed by atoms with van der Waals surface area (Å²) in [7, 11) is 0. The standard InChI is InChI=1S/C22H34N2O5S/c1-4-29-20(28)16-15-19(27)24(13(2)12-25)17(22(15)11-10-21(16,3)30-22)18(26)23-14-8-6-5-7-9-14/h13-17,25H,4-12H2,1-3H3,(H,23,26)/t13-,15+,16+,17?,21-,22?/m1/s1. The lowest BCUT2D eigenvalue weighted by Crippen LogP contribution is -2.57. The third-order valence-corrected chi connectivity index (χ3v) is 9.68. The lowest BCUT2D eigenvalue weighted by Gasteiger charge is -2.37. The number of fused-ring (bicyclic) bond motifs is 1. The third-order valence-electron chi connectivity index (χ3n) is 7.69. The van der Waals surface area contributed by atoms with Crippen molar-refractivity contribution in [3.8, 4) is 0 Å². The number of carbonyl (C=O) groups excluding carboxylic acids is 3. The fraction of sp³-hybridized carbons (Fsp3) is 0.864. The Bertz CT molecular complexity index is 726. The largest absolute Gasteiger partial charge is 0.466 e. The van der Waals surface area contributed by atoms with Gasteiger partial charge in [0.2, 0.25) is 11.8 Å². The average molecular weight is 439 g/mol. The number of aliphatic hydroxyl groups is 1. The first kappa shape index (κ1) is 21.9. The molecular weight excluding hydrogens is 404 g/mol. The Kier molecular flexibility index (Phi) is 5.85. The van der Waals surface area contributed by atoms with E-state index < -0.39 is 33.4 Å². The van der Waals surface area contributed by atoms with Crippen molar-refractivity contribution in [3.63, 3.8) is 0 Å². The molecule has 2 amide bonds. The zero-order valence-electron chi connectivity index (χ0n) is 18.2. The van der Waals surface area contributed by atoms with Crippen molar-refractivity contribution in [1.82, 2.24) is 10.2 Å². The Labute approximate surface area is 182 Å². The average Bonchev–Trinajstić information content (AvgIpc) is 3.29. The van der Waals surface area contributed by atoms with E-state index in [1.54, 1.807) is 30.5 Å². The molecule has 2 unspecified atom stereocenters. The number of carbonyl (C=O) groups is 3. The maximum atomic E-state index is 13.7. The van der Waals surface area contributed by atoms with Gasteiger partial charge < -0.3 is 20.1 Å². The molecule has 30 heavy (non-hydrogen) atoms. The number of ether oxygens (including phenoxy) is 1. The molecule has 4 rings (SSSR count). The van der Waals surface area contributed by atoms with Crippen molar-refractivity contribution in [2.24, 2.45) is 11.8 Å². The van der Waals surface area contributed by atoms with Gasteiger partial charge in [-0.05, 0) is 46.5 Å². The van der Waals surface area contributed by atoms with Gasteiger partial charge in [0.1, 0.15) is 6.04 Å². The number of nitrogens with one attached hydrogen (secondary N) is 1. The van der Waals surface area contributed by atoms with Crippen LogP contribution in [0.25, 0.3) is 0 Å². The van der Waals surface area contributed by atoms with Crippen LogP contribution in [0.5, 0.6) is 0 Å². The van der Waals surface area contributed by atoms with E-state index in [1.807, 2.05) is 6.92 Å². The van der Waals surface area contributed by atoms with Crippen LogP contribution in [-0.4, -0.2) is 68.6 Å². The molecule has 3 heterocycles. The van der Waals surface area contributed by atoms with E-state index in [2.05, 4.69) is 5.32 Å². The summed E-state index contributed by atoms with van der Waals surface area (Å²) in [6.07, 6.45) is 6.85. The van der Waals surface area contributed by atoms with Crippen LogP contribution in [0.1, 0.15) is 65.7 Å².